The summed E-state index contributed by atoms with van der Waals surface area (Å²) < 4.78 is 10.2. The van der Waals surface area contributed by atoms with E-state index in [1.165, 1.54) is 6.07 Å². The van der Waals surface area contributed by atoms with E-state index in [9.17, 15) is 9.59 Å². The number of ether oxygens (including phenoxy) is 1. The van der Waals surface area contributed by atoms with Crippen LogP contribution in [0.3, 0.4) is 0 Å². The average molecular weight is 341 g/mol. The Labute approximate surface area is 124 Å². The Morgan fingerprint density at radius 2 is 2.30 bits per heavy atom. The van der Waals surface area contributed by atoms with Gasteiger partial charge in [0, 0.05) is 0 Å². The highest BCUT2D eigenvalue weighted by Crippen LogP contribution is 2.39. The molecule has 1 saturated carbocycles. The smallest absolute Gasteiger partial charge is 0.374 e. The number of esters is 1. The van der Waals surface area contributed by atoms with Crippen LogP contribution in [0, 0.1) is 17.2 Å². The van der Waals surface area contributed by atoms with Gasteiger partial charge >= 0.3 is 5.97 Å². The lowest BCUT2D eigenvalue weighted by molar-refractivity contribution is -0.125. The monoisotopic (exact) mass is 340 g/mol. The minimum absolute atomic E-state index is 0.00918. The molecule has 1 amide bonds. The molecule has 0 saturated heterocycles. The molecular weight excluding hydrogens is 328 g/mol. The van der Waals surface area contributed by atoms with Crippen LogP contribution in [-0.4, -0.2) is 24.0 Å². The van der Waals surface area contributed by atoms with E-state index in [1.54, 1.807) is 13.0 Å². The van der Waals surface area contributed by atoms with E-state index in [2.05, 4.69) is 27.3 Å². The van der Waals surface area contributed by atoms with Crippen molar-refractivity contribution < 1.29 is 18.7 Å². The summed E-state index contributed by atoms with van der Waals surface area (Å²) in [5.74, 6) is -1.04. The van der Waals surface area contributed by atoms with Gasteiger partial charge in [-0.3, -0.25) is 4.79 Å². The molecule has 0 radical (unpaired) electrons. The van der Waals surface area contributed by atoms with E-state index in [4.69, 9.17) is 14.4 Å². The molecule has 1 N–H and O–H groups in total. The lowest BCUT2D eigenvalue weighted by Gasteiger charge is -2.22. The van der Waals surface area contributed by atoms with Crippen LogP contribution < -0.4 is 5.32 Å². The van der Waals surface area contributed by atoms with Gasteiger partial charge in [0.1, 0.15) is 5.54 Å². The van der Waals surface area contributed by atoms with Gasteiger partial charge in [-0.1, -0.05) is 0 Å². The summed E-state index contributed by atoms with van der Waals surface area (Å²) in [5.41, 5.74) is -0.892. The SMILES string of the molecule is C[C@](C#N)(NC(=O)COC(=O)c1ccc(Br)o1)C1CC1. The van der Waals surface area contributed by atoms with Gasteiger partial charge in [-0.15, -0.1) is 0 Å². The second-order valence-electron chi connectivity index (χ2n) is 4.82. The maximum atomic E-state index is 11.7. The second-order valence-corrected chi connectivity index (χ2v) is 5.60. The van der Waals surface area contributed by atoms with Crippen LogP contribution in [0.25, 0.3) is 0 Å². The number of hydrogen-bond donors (Lipinski definition) is 1. The molecule has 1 aliphatic rings. The number of nitrogens with zero attached hydrogens (tertiary/aromatic N) is 1. The molecule has 6 nitrogen and oxygen atoms in total. The summed E-state index contributed by atoms with van der Waals surface area (Å²) in [5, 5.41) is 11.7. The second kappa shape index (κ2) is 5.67. The average Bonchev–Trinajstić information content (AvgIpc) is 3.19. The van der Waals surface area contributed by atoms with Crippen molar-refractivity contribution in [2.75, 3.05) is 6.61 Å². The Hall–Kier alpha value is -1.81. The highest BCUT2D eigenvalue weighted by atomic mass is 79.9. The molecule has 0 unspecified atom stereocenters. The molecule has 20 heavy (non-hydrogen) atoms. The zero-order chi connectivity index (χ0) is 14.8. The van der Waals surface area contributed by atoms with Crippen LogP contribution in [0.5, 0.6) is 0 Å². The van der Waals surface area contributed by atoms with Gasteiger partial charge in [0.25, 0.3) is 5.91 Å². The zero-order valence-electron chi connectivity index (χ0n) is 10.8. The molecule has 1 fully saturated rings. The first-order valence-corrected chi connectivity index (χ1v) is 6.88. The first-order valence-electron chi connectivity index (χ1n) is 6.09. The van der Waals surface area contributed by atoms with Gasteiger partial charge in [-0.25, -0.2) is 4.79 Å². The Morgan fingerprint density at radius 1 is 1.60 bits per heavy atom. The molecule has 0 aliphatic heterocycles. The summed E-state index contributed by atoms with van der Waals surface area (Å²) >= 11 is 3.06. The summed E-state index contributed by atoms with van der Waals surface area (Å²) in [6.07, 6.45) is 1.84. The lowest BCUT2D eigenvalue weighted by Crippen LogP contribution is -2.48. The van der Waals surface area contributed by atoms with Crippen LogP contribution in [0.4, 0.5) is 0 Å². The molecule has 1 aromatic heterocycles. The van der Waals surface area contributed by atoms with Gasteiger partial charge in [0.2, 0.25) is 5.76 Å². The van der Waals surface area contributed by atoms with Crippen molar-refractivity contribution in [1.82, 2.24) is 5.32 Å². The lowest BCUT2D eigenvalue weighted by atomic mass is 9.98. The Morgan fingerprint density at radius 3 is 2.80 bits per heavy atom. The third kappa shape index (κ3) is 3.39. The number of halogens is 1. The number of nitriles is 1. The normalized spacial score (nSPS) is 16.9. The predicted octanol–water partition coefficient (Wildman–Crippen LogP) is 2.01. The number of furan rings is 1. The van der Waals surface area contributed by atoms with Crippen molar-refractivity contribution in [3.63, 3.8) is 0 Å². The number of rotatable bonds is 5. The number of nitrogens with one attached hydrogen (secondary N) is 1. The molecule has 1 aromatic rings. The van der Waals surface area contributed by atoms with Crippen molar-refractivity contribution in [3.8, 4) is 6.07 Å². The van der Waals surface area contributed by atoms with Crippen LogP contribution >= 0.6 is 15.9 Å². The van der Waals surface area contributed by atoms with Gasteiger partial charge in [0.15, 0.2) is 11.3 Å². The molecule has 106 valence electrons. The fourth-order valence-corrected chi connectivity index (χ4v) is 2.14. The summed E-state index contributed by atoms with van der Waals surface area (Å²) in [6, 6.07) is 5.09. The van der Waals surface area contributed by atoms with Gasteiger partial charge < -0.3 is 14.5 Å². The van der Waals surface area contributed by atoms with Gasteiger partial charge in [-0.2, -0.15) is 5.26 Å². The largest absolute Gasteiger partial charge is 0.450 e. The molecule has 0 spiro atoms. The number of carbonyl (C=O) groups is 2. The van der Waals surface area contributed by atoms with E-state index < -0.39 is 24.0 Å². The number of hydrogen-bond acceptors (Lipinski definition) is 5. The van der Waals surface area contributed by atoms with E-state index >= 15 is 0 Å². The summed E-state index contributed by atoms with van der Waals surface area (Å²) in [6.45, 7) is 1.23. The quantitative estimate of drug-likeness (QED) is 0.827. The van der Waals surface area contributed by atoms with Crippen LogP contribution in [0.15, 0.2) is 21.2 Å². The number of amides is 1. The van der Waals surface area contributed by atoms with E-state index in [0.717, 1.165) is 12.8 Å². The molecule has 0 bridgehead atoms. The fourth-order valence-electron chi connectivity index (χ4n) is 1.83. The highest BCUT2D eigenvalue weighted by Gasteiger charge is 2.43. The van der Waals surface area contributed by atoms with E-state index in [1.807, 2.05) is 0 Å². The highest BCUT2D eigenvalue weighted by molar-refractivity contribution is 9.10. The summed E-state index contributed by atoms with van der Waals surface area (Å²) in [4.78, 5) is 23.3. The third-order valence-corrected chi connectivity index (χ3v) is 3.56. The number of carbonyl (C=O) groups excluding carboxylic acids is 2. The van der Waals surface area contributed by atoms with E-state index in [0.29, 0.717) is 4.67 Å². The summed E-state index contributed by atoms with van der Waals surface area (Å²) in [7, 11) is 0. The first-order chi connectivity index (χ1) is 9.44. The van der Waals surface area contributed by atoms with Gasteiger partial charge in [-0.05, 0) is 53.7 Å². The molecule has 0 aromatic carbocycles. The van der Waals surface area contributed by atoms with Crippen molar-refractivity contribution in [3.05, 3.63) is 22.6 Å². The zero-order valence-corrected chi connectivity index (χ0v) is 12.4. The Kier molecular flexibility index (Phi) is 4.14. The van der Waals surface area contributed by atoms with Crippen molar-refractivity contribution in [2.45, 2.75) is 25.3 Å². The standard InChI is InChI=1S/C13H13BrN2O4/c1-13(7-15,8-2-3-8)16-11(17)6-19-12(18)9-4-5-10(14)20-9/h4-5,8H,2-3,6H2,1H3,(H,16,17)/t13-/m1/s1. The molecule has 1 heterocycles. The Bertz CT molecular complexity index is 573. The van der Waals surface area contributed by atoms with E-state index in [-0.39, 0.29) is 11.7 Å². The third-order valence-electron chi connectivity index (χ3n) is 3.13. The van der Waals surface area contributed by atoms with Crippen molar-refractivity contribution in [2.24, 2.45) is 5.92 Å². The molecule has 2 rings (SSSR count). The molecule has 1 aliphatic carbocycles. The molecular formula is C13H13BrN2O4. The molecule has 1 atom stereocenters. The topological polar surface area (TPSA) is 92.3 Å². The fraction of sp³-hybridized carbons (Fsp3) is 0.462. The predicted molar refractivity (Wildman–Crippen MR) is 71.6 cm³/mol. The van der Waals surface area contributed by atoms with Crippen LogP contribution in [0.2, 0.25) is 0 Å². The first kappa shape index (κ1) is 14.6. The van der Waals surface area contributed by atoms with Crippen molar-refractivity contribution in [1.29, 1.82) is 5.26 Å². The minimum atomic E-state index is -0.892. The Balaban J connectivity index is 1.83. The maximum Gasteiger partial charge on any atom is 0.374 e. The van der Waals surface area contributed by atoms with Crippen LogP contribution in [-0.2, 0) is 9.53 Å². The maximum absolute atomic E-state index is 11.7. The van der Waals surface area contributed by atoms with Crippen molar-refractivity contribution >= 4 is 27.8 Å². The van der Waals surface area contributed by atoms with Gasteiger partial charge in [0.05, 0.1) is 6.07 Å². The molecule has 7 heteroatoms. The minimum Gasteiger partial charge on any atom is -0.450 e. The van der Waals surface area contributed by atoms with Crippen LogP contribution in [0.1, 0.15) is 30.3 Å².